The van der Waals surface area contributed by atoms with Gasteiger partial charge in [0.2, 0.25) is 5.78 Å². The first kappa shape index (κ1) is 10.9. The van der Waals surface area contributed by atoms with Gasteiger partial charge in [-0.05, 0) is 39.7 Å². The molecule has 0 fully saturated rings. The van der Waals surface area contributed by atoms with Crippen molar-refractivity contribution in [1.29, 1.82) is 0 Å². The Balaban J connectivity index is 2.11. The molecule has 0 radical (unpaired) electrons. The number of carbonyl (C=O) groups is 1. The number of ketones is 1. The fraction of sp³-hybridized carbons (Fsp3) is 0. The normalized spacial score (nSPS) is 10.8. The summed E-state index contributed by atoms with van der Waals surface area (Å²) in [6.45, 7) is 0. The predicted octanol–water partition coefficient (Wildman–Crippen LogP) is 3.94. The standard InChI is InChI=1S/C13H9BrO2/c14-13-9-8-12(16-13)11(15)7-6-10-4-2-1-3-5-10/h1-9H. The number of hydrogen-bond donors (Lipinski definition) is 0. The van der Waals surface area contributed by atoms with Crippen LogP contribution in [0, 0.1) is 0 Å². The quantitative estimate of drug-likeness (QED) is 0.628. The molecule has 1 aromatic heterocycles. The van der Waals surface area contributed by atoms with Gasteiger partial charge in [-0.25, -0.2) is 0 Å². The van der Waals surface area contributed by atoms with E-state index in [9.17, 15) is 4.79 Å². The fourth-order valence-electron chi connectivity index (χ4n) is 1.26. The van der Waals surface area contributed by atoms with Crippen LogP contribution in [0.15, 0.2) is 57.6 Å². The van der Waals surface area contributed by atoms with Crippen molar-refractivity contribution in [1.82, 2.24) is 0 Å². The summed E-state index contributed by atoms with van der Waals surface area (Å²) in [6, 6.07) is 13.0. The average Bonchev–Trinajstić information content (AvgIpc) is 2.74. The zero-order valence-corrected chi connectivity index (χ0v) is 9.98. The summed E-state index contributed by atoms with van der Waals surface area (Å²) < 4.78 is 5.71. The molecule has 2 rings (SSSR count). The lowest BCUT2D eigenvalue weighted by Gasteiger charge is -1.91. The molecule has 0 atom stereocenters. The molecule has 2 nitrogen and oxygen atoms in total. The maximum atomic E-state index is 11.6. The monoisotopic (exact) mass is 276 g/mol. The van der Waals surface area contributed by atoms with Crippen LogP contribution in [0.5, 0.6) is 0 Å². The molecule has 0 saturated carbocycles. The van der Waals surface area contributed by atoms with E-state index in [1.165, 1.54) is 6.08 Å². The highest BCUT2D eigenvalue weighted by atomic mass is 79.9. The Hall–Kier alpha value is -1.61. The molecular formula is C13H9BrO2. The van der Waals surface area contributed by atoms with E-state index in [0.717, 1.165) is 5.56 Å². The van der Waals surface area contributed by atoms with Gasteiger partial charge < -0.3 is 4.42 Å². The van der Waals surface area contributed by atoms with Crippen molar-refractivity contribution in [3.8, 4) is 0 Å². The Labute approximate surface area is 102 Å². The van der Waals surface area contributed by atoms with E-state index < -0.39 is 0 Å². The fourth-order valence-corrected chi connectivity index (χ4v) is 1.57. The summed E-state index contributed by atoms with van der Waals surface area (Å²) in [5, 5.41) is 0. The van der Waals surface area contributed by atoms with Crippen LogP contribution in [0.3, 0.4) is 0 Å². The molecule has 16 heavy (non-hydrogen) atoms. The van der Waals surface area contributed by atoms with Crippen LogP contribution in [0.2, 0.25) is 0 Å². The lowest BCUT2D eigenvalue weighted by Crippen LogP contribution is -1.90. The Morgan fingerprint density at radius 2 is 1.88 bits per heavy atom. The highest BCUT2D eigenvalue weighted by Crippen LogP contribution is 2.15. The lowest BCUT2D eigenvalue weighted by atomic mass is 10.2. The number of hydrogen-bond acceptors (Lipinski definition) is 2. The minimum atomic E-state index is -0.144. The second-order valence-corrected chi connectivity index (χ2v) is 3.99. The average molecular weight is 277 g/mol. The molecular weight excluding hydrogens is 268 g/mol. The summed E-state index contributed by atoms with van der Waals surface area (Å²) >= 11 is 3.15. The van der Waals surface area contributed by atoms with Crippen LogP contribution < -0.4 is 0 Å². The van der Waals surface area contributed by atoms with Gasteiger partial charge in [-0.2, -0.15) is 0 Å². The molecule has 0 unspecified atom stereocenters. The van der Waals surface area contributed by atoms with E-state index in [4.69, 9.17) is 4.42 Å². The summed E-state index contributed by atoms with van der Waals surface area (Å²) in [5.41, 5.74) is 0.987. The molecule has 0 aliphatic carbocycles. The second-order valence-electron chi connectivity index (χ2n) is 3.21. The van der Waals surface area contributed by atoms with Crippen LogP contribution in [0.25, 0.3) is 6.08 Å². The highest BCUT2D eigenvalue weighted by Gasteiger charge is 2.06. The molecule has 0 spiro atoms. The molecule has 80 valence electrons. The van der Waals surface area contributed by atoms with E-state index in [2.05, 4.69) is 15.9 Å². The number of allylic oxidation sites excluding steroid dienone is 1. The highest BCUT2D eigenvalue weighted by molar-refractivity contribution is 9.10. The summed E-state index contributed by atoms with van der Waals surface area (Å²) in [6.07, 6.45) is 3.26. The van der Waals surface area contributed by atoms with Gasteiger partial charge in [0.25, 0.3) is 0 Å². The number of carbonyl (C=O) groups excluding carboxylic acids is 1. The van der Waals surface area contributed by atoms with Gasteiger partial charge in [0, 0.05) is 0 Å². The van der Waals surface area contributed by atoms with Crippen molar-refractivity contribution in [2.45, 2.75) is 0 Å². The predicted molar refractivity (Wildman–Crippen MR) is 66.2 cm³/mol. The first-order valence-corrected chi connectivity index (χ1v) is 5.58. The van der Waals surface area contributed by atoms with Crippen molar-refractivity contribution < 1.29 is 9.21 Å². The Morgan fingerprint density at radius 3 is 2.50 bits per heavy atom. The Morgan fingerprint density at radius 1 is 1.12 bits per heavy atom. The largest absolute Gasteiger partial charge is 0.446 e. The minimum absolute atomic E-state index is 0.144. The topological polar surface area (TPSA) is 30.2 Å². The van der Waals surface area contributed by atoms with E-state index in [-0.39, 0.29) is 5.78 Å². The molecule has 0 aliphatic heterocycles. The SMILES string of the molecule is O=C(C=Cc1ccccc1)c1ccc(Br)o1. The smallest absolute Gasteiger partial charge is 0.221 e. The van der Waals surface area contributed by atoms with E-state index in [0.29, 0.717) is 10.4 Å². The van der Waals surface area contributed by atoms with Gasteiger partial charge in [-0.1, -0.05) is 36.4 Å². The first-order chi connectivity index (χ1) is 7.75. The van der Waals surface area contributed by atoms with Crippen LogP contribution in [-0.2, 0) is 0 Å². The van der Waals surface area contributed by atoms with Gasteiger partial charge in [0.15, 0.2) is 10.4 Å². The zero-order valence-electron chi connectivity index (χ0n) is 8.39. The van der Waals surface area contributed by atoms with Gasteiger partial charge in [-0.15, -0.1) is 0 Å². The van der Waals surface area contributed by atoms with Crippen molar-refractivity contribution in [3.05, 3.63) is 64.5 Å². The molecule has 1 heterocycles. The molecule has 0 aliphatic rings. The third kappa shape index (κ3) is 2.70. The molecule has 0 bridgehead atoms. The Kier molecular flexibility index (Phi) is 3.37. The lowest BCUT2D eigenvalue weighted by molar-refractivity contribution is 0.102. The third-order valence-corrected chi connectivity index (χ3v) is 2.47. The molecule has 0 saturated heterocycles. The molecule has 1 aromatic carbocycles. The minimum Gasteiger partial charge on any atom is -0.446 e. The van der Waals surface area contributed by atoms with Gasteiger partial charge >= 0.3 is 0 Å². The summed E-state index contributed by atoms with van der Waals surface area (Å²) in [4.78, 5) is 11.6. The number of benzene rings is 1. The van der Waals surface area contributed by atoms with E-state index in [1.807, 2.05) is 30.3 Å². The van der Waals surface area contributed by atoms with Crippen LogP contribution in [0.4, 0.5) is 0 Å². The second kappa shape index (κ2) is 4.94. The van der Waals surface area contributed by atoms with E-state index in [1.54, 1.807) is 18.2 Å². The van der Waals surface area contributed by atoms with Crippen molar-refractivity contribution in [2.24, 2.45) is 0 Å². The van der Waals surface area contributed by atoms with Crippen molar-refractivity contribution in [2.75, 3.05) is 0 Å². The molecule has 0 N–H and O–H groups in total. The van der Waals surface area contributed by atoms with Crippen LogP contribution in [-0.4, -0.2) is 5.78 Å². The molecule has 0 amide bonds. The summed E-state index contributed by atoms with van der Waals surface area (Å²) in [7, 11) is 0. The van der Waals surface area contributed by atoms with Crippen LogP contribution in [0.1, 0.15) is 16.1 Å². The number of halogens is 1. The van der Waals surface area contributed by atoms with E-state index >= 15 is 0 Å². The number of rotatable bonds is 3. The molecule has 3 heteroatoms. The summed E-state index contributed by atoms with van der Waals surface area (Å²) in [5.74, 6) is 0.189. The maximum absolute atomic E-state index is 11.6. The van der Waals surface area contributed by atoms with Gasteiger partial charge in [0.1, 0.15) is 0 Å². The third-order valence-electron chi connectivity index (χ3n) is 2.04. The first-order valence-electron chi connectivity index (χ1n) is 4.78. The van der Waals surface area contributed by atoms with Gasteiger partial charge in [0.05, 0.1) is 0 Å². The van der Waals surface area contributed by atoms with Crippen molar-refractivity contribution in [3.63, 3.8) is 0 Å². The zero-order chi connectivity index (χ0) is 11.4. The van der Waals surface area contributed by atoms with Crippen LogP contribution >= 0.6 is 15.9 Å². The number of furan rings is 1. The molecule has 2 aromatic rings. The van der Waals surface area contributed by atoms with Gasteiger partial charge in [-0.3, -0.25) is 4.79 Å². The Bertz CT molecular complexity index is 512. The maximum Gasteiger partial charge on any atom is 0.221 e. The van der Waals surface area contributed by atoms with Crippen molar-refractivity contribution >= 4 is 27.8 Å².